The molecule has 0 spiro atoms. The second-order valence-electron chi connectivity index (χ2n) is 4.64. The van der Waals surface area contributed by atoms with Crippen molar-refractivity contribution in [2.75, 3.05) is 38.5 Å². The minimum Gasteiger partial charge on any atom is -0.335 e. The summed E-state index contributed by atoms with van der Waals surface area (Å²) in [6.45, 7) is 3.74. The molecule has 7 heteroatoms. The fraction of sp³-hybridized carbons (Fsp3) is 0.417. The highest BCUT2D eigenvalue weighted by Crippen LogP contribution is 2.24. The van der Waals surface area contributed by atoms with E-state index < -0.39 is 0 Å². The van der Waals surface area contributed by atoms with E-state index >= 15 is 0 Å². The molecule has 1 saturated heterocycles. The third-order valence-corrected chi connectivity index (χ3v) is 3.79. The molecule has 1 heterocycles. The summed E-state index contributed by atoms with van der Waals surface area (Å²) in [4.78, 5) is 13.3. The molecule has 0 aliphatic carbocycles. The fourth-order valence-corrected chi connectivity index (χ4v) is 2.17. The molecule has 1 aliphatic heterocycles. The maximum atomic E-state index is 11.8. The van der Waals surface area contributed by atoms with Gasteiger partial charge in [0.15, 0.2) is 0 Å². The summed E-state index contributed by atoms with van der Waals surface area (Å²) in [6.07, 6.45) is 0. The lowest BCUT2D eigenvalue weighted by molar-refractivity contribution is -0.884. The first-order valence-corrected chi connectivity index (χ1v) is 6.89. The number of piperazine rings is 1. The molecular formula is C12H17Cl2N4O+. The summed E-state index contributed by atoms with van der Waals surface area (Å²) in [5.74, 6) is 0. The standard InChI is InChI=1S/C12H16Cl2N4O/c1-17-4-6-18(7-5-17)16-12(19)15-9-2-3-10(13)11(14)8-9/h2-3,8H,4-7H2,1H3,(H2,15,16,19)/p+1. The first-order valence-electron chi connectivity index (χ1n) is 6.13. The van der Waals surface area contributed by atoms with E-state index in [0.29, 0.717) is 15.7 Å². The molecule has 0 aromatic heterocycles. The Kier molecular flexibility index (Phi) is 4.87. The van der Waals surface area contributed by atoms with Crippen LogP contribution in [0.5, 0.6) is 0 Å². The average Bonchev–Trinajstić information content (AvgIpc) is 2.37. The quantitative estimate of drug-likeness (QED) is 0.759. The van der Waals surface area contributed by atoms with Gasteiger partial charge < -0.3 is 10.2 Å². The number of carbonyl (C=O) groups excluding carboxylic acids is 1. The third-order valence-electron chi connectivity index (χ3n) is 3.05. The Labute approximate surface area is 122 Å². The Morgan fingerprint density at radius 1 is 1.26 bits per heavy atom. The first-order chi connectivity index (χ1) is 9.04. The number of likely N-dealkylation sites (N-methyl/N-ethyl adjacent to an activating group) is 1. The van der Waals surface area contributed by atoms with Crippen molar-refractivity contribution in [1.29, 1.82) is 0 Å². The van der Waals surface area contributed by atoms with Crippen molar-refractivity contribution in [2.24, 2.45) is 0 Å². The molecule has 0 saturated carbocycles. The molecule has 3 N–H and O–H groups in total. The van der Waals surface area contributed by atoms with Gasteiger partial charge in [-0.2, -0.15) is 0 Å². The van der Waals surface area contributed by atoms with Crippen LogP contribution in [0, 0.1) is 0 Å². The van der Waals surface area contributed by atoms with Crippen LogP contribution in [0.3, 0.4) is 0 Å². The molecule has 19 heavy (non-hydrogen) atoms. The lowest BCUT2D eigenvalue weighted by Crippen LogP contribution is -3.12. The fourth-order valence-electron chi connectivity index (χ4n) is 1.88. The van der Waals surface area contributed by atoms with Gasteiger partial charge in [-0.1, -0.05) is 23.2 Å². The molecule has 1 aromatic carbocycles. The number of nitrogens with one attached hydrogen (secondary N) is 3. The number of anilines is 1. The van der Waals surface area contributed by atoms with Crippen molar-refractivity contribution >= 4 is 34.9 Å². The van der Waals surface area contributed by atoms with Gasteiger partial charge in [-0.15, -0.1) is 0 Å². The predicted octanol–water partition coefficient (Wildman–Crippen LogP) is 0.860. The summed E-state index contributed by atoms with van der Waals surface area (Å²) in [6, 6.07) is 4.72. The van der Waals surface area contributed by atoms with Gasteiger partial charge in [0, 0.05) is 5.69 Å². The summed E-state index contributed by atoms with van der Waals surface area (Å²) < 4.78 is 0. The van der Waals surface area contributed by atoms with Crippen LogP contribution in [-0.2, 0) is 0 Å². The zero-order valence-electron chi connectivity index (χ0n) is 10.7. The topological polar surface area (TPSA) is 48.8 Å². The molecule has 0 bridgehead atoms. The minimum absolute atomic E-state index is 0.266. The van der Waals surface area contributed by atoms with Crippen molar-refractivity contribution in [3.63, 3.8) is 0 Å². The molecule has 5 nitrogen and oxygen atoms in total. The second-order valence-corrected chi connectivity index (χ2v) is 5.45. The zero-order valence-corrected chi connectivity index (χ0v) is 12.2. The van der Waals surface area contributed by atoms with E-state index in [1.807, 2.05) is 5.01 Å². The monoisotopic (exact) mass is 303 g/mol. The highest BCUT2D eigenvalue weighted by molar-refractivity contribution is 6.42. The Bertz CT molecular complexity index is 461. The summed E-state index contributed by atoms with van der Waals surface area (Å²) in [5.41, 5.74) is 3.43. The molecule has 1 aromatic rings. The summed E-state index contributed by atoms with van der Waals surface area (Å²) in [7, 11) is 2.15. The number of nitrogens with zero attached hydrogens (tertiary/aromatic N) is 1. The van der Waals surface area contributed by atoms with Crippen molar-refractivity contribution < 1.29 is 9.69 Å². The van der Waals surface area contributed by atoms with Gasteiger partial charge in [0.2, 0.25) is 0 Å². The lowest BCUT2D eigenvalue weighted by atomic mass is 10.3. The van der Waals surface area contributed by atoms with Crippen LogP contribution in [0.25, 0.3) is 0 Å². The van der Waals surface area contributed by atoms with Crippen LogP contribution >= 0.6 is 23.2 Å². The number of benzene rings is 1. The molecule has 2 amide bonds. The largest absolute Gasteiger partial charge is 0.335 e. The molecule has 0 atom stereocenters. The number of hydrogen-bond acceptors (Lipinski definition) is 2. The van der Waals surface area contributed by atoms with E-state index in [1.165, 1.54) is 4.90 Å². The zero-order chi connectivity index (χ0) is 13.8. The highest BCUT2D eigenvalue weighted by atomic mass is 35.5. The minimum atomic E-state index is -0.266. The second kappa shape index (κ2) is 6.43. The molecule has 1 aliphatic rings. The maximum Gasteiger partial charge on any atom is 0.333 e. The smallest absolute Gasteiger partial charge is 0.333 e. The van der Waals surface area contributed by atoms with Crippen molar-refractivity contribution in [1.82, 2.24) is 10.4 Å². The Balaban J connectivity index is 1.85. The predicted molar refractivity (Wildman–Crippen MR) is 76.8 cm³/mol. The maximum absolute atomic E-state index is 11.8. The Morgan fingerprint density at radius 2 is 1.95 bits per heavy atom. The van der Waals surface area contributed by atoms with Crippen molar-refractivity contribution in [3.05, 3.63) is 28.2 Å². The number of halogens is 2. The van der Waals surface area contributed by atoms with Gasteiger partial charge in [0.1, 0.15) is 0 Å². The van der Waals surface area contributed by atoms with Gasteiger partial charge in [-0.05, 0) is 18.2 Å². The van der Waals surface area contributed by atoms with E-state index in [9.17, 15) is 4.79 Å². The first kappa shape index (κ1) is 14.4. The summed E-state index contributed by atoms with van der Waals surface area (Å²) in [5, 5.41) is 5.53. The van der Waals surface area contributed by atoms with Crippen LogP contribution in [0.4, 0.5) is 10.5 Å². The molecular weight excluding hydrogens is 287 g/mol. The van der Waals surface area contributed by atoms with E-state index in [2.05, 4.69) is 17.8 Å². The van der Waals surface area contributed by atoms with Crippen molar-refractivity contribution in [2.45, 2.75) is 0 Å². The van der Waals surface area contributed by atoms with Crippen LogP contribution in [0.2, 0.25) is 10.0 Å². The van der Waals surface area contributed by atoms with Crippen LogP contribution < -0.4 is 15.6 Å². The number of quaternary nitrogens is 1. The highest BCUT2D eigenvalue weighted by Gasteiger charge is 2.18. The van der Waals surface area contributed by atoms with E-state index in [1.54, 1.807) is 18.2 Å². The van der Waals surface area contributed by atoms with E-state index in [-0.39, 0.29) is 6.03 Å². The van der Waals surface area contributed by atoms with Gasteiger partial charge in [0.05, 0.1) is 43.3 Å². The number of amides is 2. The number of carbonyl (C=O) groups is 1. The molecule has 0 radical (unpaired) electrons. The van der Waals surface area contributed by atoms with Gasteiger partial charge in [0.25, 0.3) is 0 Å². The Morgan fingerprint density at radius 3 is 2.58 bits per heavy atom. The van der Waals surface area contributed by atoms with Crippen LogP contribution in [0.15, 0.2) is 18.2 Å². The van der Waals surface area contributed by atoms with Gasteiger partial charge >= 0.3 is 6.03 Å². The van der Waals surface area contributed by atoms with Crippen molar-refractivity contribution in [3.8, 4) is 0 Å². The summed E-state index contributed by atoms with van der Waals surface area (Å²) >= 11 is 11.7. The number of urea groups is 1. The Hall–Kier alpha value is -1.01. The van der Waals surface area contributed by atoms with Crippen LogP contribution in [-0.4, -0.2) is 44.3 Å². The van der Waals surface area contributed by atoms with Crippen LogP contribution in [0.1, 0.15) is 0 Å². The van der Waals surface area contributed by atoms with Gasteiger partial charge in [-0.25, -0.2) is 9.80 Å². The number of hydrogen-bond donors (Lipinski definition) is 3. The SMILES string of the molecule is C[NH+]1CCN(NC(=O)Nc2ccc(Cl)c(Cl)c2)CC1. The normalized spacial score (nSPS) is 17.2. The van der Waals surface area contributed by atoms with E-state index in [0.717, 1.165) is 26.2 Å². The lowest BCUT2D eigenvalue weighted by Gasteiger charge is -2.30. The molecule has 104 valence electrons. The molecule has 1 fully saturated rings. The van der Waals surface area contributed by atoms with Gasteiger partial charge in [-0.3, -0.25) is 5.43 Å². The van der Waals surface area contributed by atoms with E-state index in [4.69, 9.17) is 23.2 Å². The number of rotatable bonds is 2. The number of hydrazine groups is 1. The average molecular weight is 304 g/mol. The molecule has 2 rings (SSSR count). The third kappa shape index (κ3) is 4.24. The molecule has 0 unspecified atom stereocenters.